The lowest BCUT2D eigenvalue weighted by atomic mass is 10.1. The fourth-order valence-corrected chi connectivity index (χ4v) is 4.97. The topological polar surface area (TPSA) is 117 Å². The Morgan fingerprint density at radius 3 is 2.59 bits per heavy atom. The monoisotopic (exact) mass is 480 g/mol. The lowest BCUT2D eigenvalue weighted by molar-refractivity contribution is 0.102. The van der Waals surface area contributed by atoms with Gasteiger partial charge in [0, 0.05) is 30.0 Å². The molecule has 1 saturated heterocycles. The molecule has 0 radical (unpaired) electrons. The van der Waals surface area contributed by atoms with Gasteiger partial charge in [-0.2, -0.15) is 0 Å². The average Bonchev–Trinajstić information content (AvgIpc) is 3.26. The zero-order valence-electron chi connectivity index (χ0n) is 18.7. The van der Waals surface area contributed by atoms with Crippen LogP contribution in [0.5, 0.6) is 5.75 Å². The van der Waals surface area contributed by atoms with Gasteiger partial charge in [-0.25, -0.2) is 13.2 Å². The number of aryl methyl sites for hydroxylation is 1. The summed E-state index contributed by atoms with van der Waals surface area (Å²) in [6.45, 7) is 2.73. The van der Waals surface area contributed by atoms with Gasteiger partial charge < -0.3 is 15.4 Å². The number of para-hydroxylation sites is 2. The molecule has 0 unspecified atom stereocenters. The molecule has 0 aromatic heterocycles. The van der Waals surface area contributed by atoms with Crippen LogP contribution in [0, 0.1) is 6.92 Å². The summed E-state index contributed by atoms with van der Waals surface area (Å²) >= 11 is 0. The third kappa shape index (κ3) is 4.81. The second kappa shape index (κ2) is 9.44. The van der Waals surface area contributed by atoms with Crippen LogP contribution in [-0.2, 0) is 10.0 Å². The molecule has 0 spiro atoms. The van der Waals surface area contributed by atoms with Crippen molar-refractivity contribution in [3.05, 3.63) is 77.9 Å². The van der Waals surface area contributed by atoms with Crippen molar-refractivity contribution in [2.24, 2.45) is 0 Å². The Morgan fingerprint density at radius 1 is 1.06 bits per heavy atom. The van der Waals surface area contributed by atoms with E-state index in [1.54, 1.807) is 72.5 Å². The number of urea groups is 1. The lowest BCUT2D eigenvalue weighted by Gasteiger charge is -2.16. The largest absolute Gasteiger partial charge is 0.495 e. The molecule has 4 rings (SSSR count). The van der Waals surface area contributed by atoms with E-state index in [9.17, 15) is 18.0 Å². The van der Waals surface area contributed by atoms with Crippen molar-refractivity contribution >= 4 is 39.0 Å². The van der Waals surface area contributed by atoms with Crippen LogP contribution in [0.2, 0.25) is 0 Å². The average molecular weight is 481 g/mol. The maximum Gasteiger partial charge on any atom is 0.321 e. The number of ether oxygens (including phenoxy) is 1. The molecule has 176 valence electrons. The van der Waals surface area contributed by atoms with Gasteiger partial charge >= 0.3 is 6.03 Å². The Morgan fingerprint density at radius 2 is 1.85 bits per heavy atom. The van der Waals surface area contributed by atoms with Crippen molar-refractivity contribution in [1.29, 1.82) is 0 Å². The minimum Gasteiger partial charge on any atom is -0.495 e. The molecule has 0 aliphatic carbocycles. The number of carbonyl (C=O) groups excluding carboxylic acids is 2. The maximum absolute atomic E-state index is 13.1. The van der Waals surface area contributed by atoms with Gasteiger partial charge in [-0.1, -0.05) is 24.3 Å². The first-order valence-electron chi connectivity index (χ1n) is 10.5. The summed E-state index contributed by atoms with van der Waals surface area (Å²) < 4.78 is 34.0. The number of sulfonamides is 1. The Kier molecular flexibility index (Phi) is 6.42. The molecule has 1 fully saturated rings. The van der Waals surface area contributed by atoms with Crippen molar-refractivity contribution in [2.75, 3.05) is 35.1 Å². The van der Waals surface area contributed by atoms with E-state index in [0.29, 0.717) is 47.0 Å². The number of amides is 3. The third-order valence-electron chi connectivity index (χ3n) is 5.36. The predicted molar refractivity (Wildman–Crippen MR) is 130 cm³/mol. The molecule has 34 heavy (non-hydrogen) atoms. The van der Waals surface area contributed by atoms with Crippen molar-refractivity contribution in [3.63, 3.8) is 0 Å². The van der Waals surface area contributed by atoms with E-state index in [4.69, 9.17) is 4.74 Å². The Balaban J connectivity index is 1.56. The number of methoxy groups -OCH3 is 1. The number of nitrogens with one attached hydrogen (secondary N) is 3. The highest BCUT2D eigenvalue weighted by molar-refractivity contribution is 7.92. The van der Waals surface area contributed by atoms with Crippen LogP contribution in [0.4, 0.5) is 21.9 Å². The number of nitrogens with zero attached hydrogens (tertiary/aromatic N) is 1. The molecule has 0 bridgehead atoms. The van der Waals surface area contributed by atoms with Gasteiger partial charge in [0.05, 0.1) is 17.7 Å². The Hall–Kier alpha value is -4.05. The number of carbonyl (C=O) groups is 2. The zero-order valence-corrected chi connectivity index (χ0v) is 19.5. The summed E-state index contributed by atoms with van der Waals surface area (Å²) in [7, 11) is -2.50. The SMILES string of the molecule is COc1ccccc1NS(=O)(=O)c1cc(NC(=O)c2cccc(N3CCNC3=O)c2)ccc1C. The second-order valence-corrected chi connectivity index (χ2v) is 9.32. The van der Waals surface area contributed by atoms with Gasteiger partial charge in [0.1, 0.15) is 5.75 Å². The van der Waals surface area contributed by atoms with Crippen LogP contribution in [0.3, 0.4) is 0 Å². The highest BCUT2D eigenvalue weighted by Gasteiger charge is 2.23. The van der Waals surface area contributed by atoms with Crippen LogP contribution in [0.25, 0.3) is 0 Å². The van der Waals surface area contributed by atoms with Crippen LogP contribution >= 0.6 is 0 Å². The van der Waals surface area contributed by atoms with E-state index in [2.05, 4.69) is 15.4 Å². The molecule has 1 heterocycles. The Labute approximate surface area is 197 Å². The maximum atomic E-state index is 13.1. The first-order valence-corrected chi connectivity index (χ1v) is 12.0. The number of rotatable bonds is 7. The van der Waals surface area contributed by atoms with Crippen molar-refractivity contribution < 1.29 is 22.7 Å². The minimum absolute atomic E-state index is 0.0266. The minimum atomic E-state index is -3.96. The van der Waals surface area contributed by atoms with E-state index in [1.807, 2.05) is 0 Å². The van der Waals surface area contributed by atoms with Crippen molar-refractivity contribution in [1.82, 2.24) is 5.32 Å². The van der Waals surface area contributed by atoms with Gasteiger partial charge in [0.2, 0.25) is 0 Å². The fraction of sp³-hybridized carbons (Fsp3) is 0.167. The van der Waals surface area contributed by atoms with Crippen LogP contribution in [-0.4, -0.2) is 40.6 Å². The van der Waals surface area contributed by atoms with E-state index in [1.165, 1.54) is 13.2 Å². The van der Waals surface area contributed by atoms with E-state index in [0.717, 1.165) is 0 Å². The molecule has 1 aliphatic heterocycles. The van der Waals surface area contributed by atoms with Gasteiger partial charge in [-0.3, -0.25) is 14.4 Å². The number of anilines is 3. The quantitative estimate of drug-likeness (QED) is 0.478. The molecule has 3 amide bonds. The normalized spacial score (nSPS) is 13.4. The number of hydrogen-bond donors (Lipinski definition) is 3. The van der Waals surface area contributed by atoms with E-state index < -0.39 is 15.9 Å². The molecule has 1 aliphatic rings. The summed E-state index contributed by atoms with van der Waals surface area (Å²) in [5, 5.41) is 5.46. The highest BCUT2D eigenvalue weighted by Crippen LogP contribution is 2.28. The van der Waals surface area contributed by atoms with Gasteiger partial charge in [-0.15, -0.1) is 0 Å². The molecule has 10 heteroatoms. The van der Waals surface area contributed by atoms with Gasteiger partial charge in [0.15, 0.2) is 0 Å². The van der Waals surface area contributed by atoms with Crippen molar-refractivity contribution in [3.8, 4) is 5.75 Å². The zero-order chi connectivity index (χ0) is 24.3. The molecule has 0 atom stereocenters. The molecule has 3 aromatic carbocycles. The molecule has 3 aromatic rings. The first kappa shape index (κ1) is 23.1. The van der Waals surface area contributed by atoms with Gasteiger partial charge in [-0.05, 0) is 55.0 Å². The summed E-state index contributed by atoms with van der Waals surface area (Å²) in [4.78, 5) is 26.4. The summed E-state index contributed by atoms with van der Waals surface area (Å²) in [5.41, 5.74) is 2.09. The first-order chi connectivity index (χ1) is 16.3. The summed E-state index contributed by atoms with van der Waals surface area (Å²) in [6.07, 6.45) is 0. The molecular formula is C24H24N4O5S. The van der Waals surface area contributed by atoms with Crippen LogP contribution in [0.15, 0.2) is 71.6 Å². The summed E-state index contributed by atoms with van der Waals surface area (Å²) in [6, 6.07) is 17.8. The van der Waals surface area contributed by atoms with Crippen LogP contribution < -0.4 is 25.0 Å². The molecular weight excluding hydrogens is 456 g/mol. The third-order valence-corrected chi connectivity index (χ3v) is 6.87. The smallest absolute Gasteiger partial charge is 0.321 e. The van der Waals surface area contributed by atoms with Crippen molar-refractivity contribution in [2.45, 2.75) is 11.8 Å². The van der Waals surface area contributed by atoms with Gasteiger partial charge in [0.25, 0.3) is 15.9 Å². The highest BCUT2D eigenvalue weighted by atomic mass is 32.2. The standard InChI is InChI=1S/C24H24N4O5S/c1-16-10-11-18(15-22(16)34(31,32)27-20-8-3-4-9-21(20)33-2)26-23(29)17-6-5-7-19(14-17)28-13-12-25-24(28)30/h3-11,14-15,27H,12-13H2,1-2H3,(H,25,30)(H,26,29). The van der Waals surface area contributed by atoms with Crippen LogP contribution in [0.1, 0.15) is 15.9 Å². The fourth-order valence-electron chi connectivity index (χ4n) is 3.63. The second-order valence-electron chi connectivity index (χ2n) is 7.67. The molecule has 9 nitrogen and oxygen atoms in total. The lowest BCUT2D eigenvalue weighted by Crippen LogP contribution is -2.27. The predicted octanol–water partition coefficient (Wildman–Crippen LogP) is 3.59. The molecule has 3 N–H and O–H groups in total. The molecule has 0 saturated carbocycles. The Bertz CT molecular complexity index is 1360. The summed E-state index contributed by atoms with van der Waals surface area (Å²) in [5.74, 6) is -0.0360. The number of benzene rings is 3. The van der Waals surface area contributed by atoms with E-state index >= 15 is 0 Å². The van der Waals surface area contributed by atoms with E-state index in [-0.39, 0.29) is 10.9 Å². The number of hydrogen-bond acceptors (Lipinski definition) is 5.